The van der Waals surface area contributed by atoms with Gasteiger partial charge in [-0.25, -0.2) is 9.13 Å². The summed E-state index contributed by atoms with van der Waals surface area (Å²) in [6, 6.07) is 0. The van der Waals surface area contributed by atoms with Crippen LogP contribution in [0, 0.1) is 11.8 Å². The molecule has 17 nitrogen and oxygen atoms in total. The van der Waals surface area contributed by atoms with Gasteiger partial charge in [0.15, 0.2) is 12.2 Å². The first-order valence-corrected chi connectivity index (χ1v) is 50.0. The second-order valence-electron chi connectivity index (χ2n) is 33.4. The van der Waals surface area contributed by atoms with Crippen molar-refractivity contribution >= 4 is 39.5 Å². The largest absolute Gasteiger partial charge is 0.472 e. The zero-order chi connectivity index (χ0) is 80.6. The van der Waals surface area contributed by atoms with Gasteiger partial charge in [-0.05, 0) is 37.5 Å². The molecule has 3 N–H and O–H groups in total. The third-order valence-electron chi connectivity index (χ3n) is 21.8. The molecule has 0 amide bonds. The molecule has 3 unspecified atom stereocenters. The number of aliphatic hydroxyl groups excluding tert-OH is 1. The Morgan fingerprint density at radius 1 is 0.264 bits per heavy atom. The van der Waals surface area contributed by atoms with Crippen LogP contribution in [0.1, 0.15) is 491 Å². The Labute approximate surface area is 677 Å². The van der Waals surface area contributed by atoms with Crippen LogP contribution in [0.3, 0.4) is 0 Å². The second kappa shape index (κ2) is 82.2. The lowest BCUT2D eigenvalue weighted by Crippen LogP contribution is -2.30. The van der Waals surface area contributed by atoms with Crippen molar-refractivity contribution < 1.29 is 80.2 Å². The van der Waals surface area contributed by atoms with Gasteiger partial charge in [0.25, 0.3) is 0 Å². The number of hydrogen-bond donors (Lipinski definition) is 3. The number of hydrogen-bond acceptors (Lipinski definition) is 15. The maximum absolute atomic E-state index is 13.2. The van der Waals surface area contributed by atoms with E-state index >= 15 is 0 Å². The standard InChI is InChI=1S/C91H178O17P2/c1-7-10-12-14-16-18-20-22-24-26-28-29-30-35-38-42-46-50-54-61-67-73-88(93)101-79-86(107-90(95)75-69-64-56-52-48-44-40-36-32-31-33-37-41-45-49-53-60-66-72-84(6)9-3)81-105-109(97,98)103-77-85(92)78-104-110(99,100)106-82-87(80-102-89(94)74-68-62-58-57-59-65-71-83(4)5)108-91(96)76-70-63-55-51-47-43-39-34-27-25-23-21-19-17-15-13-11-8-2/h83-87,92H,7-82H2,1-6H3,(H,97,98)(H,99,100)/t84?,85-,86-,87-/m1/s1. The van der Waals surface area contributed by atoms with E-state index in [0.717, 1.165) is 102 Å². The predicted molar refractivity (Wildman–Crippen MR) is 455 cm³/mol. The monoisotopic (exact) mass is 1610 g/mol. The maximum Gasteiger partial charge on any atom is 0.472 e. The van der Waals surface area contributed by atoms with Gasteiger partial charge in [0.1, 0.15) is 19.3 Å². The topological polar surface area (TPSA) is 237 Å². The summed E-state index contributed by atoms with van der Waals surface area (Å²) in [7, 11) is -9.93. The van der Waals surface area contributed by atoms with Crippen LogP contribution in [-0.4, -0.2) is 96.7 Å². The third kappa shape index (κ3) is 82.6. The van der Waals surface area contributed by atoms with Gasteiger partial charge in [-0.3, -0.25) is 37.3 Å². The summed E-state index contributed by atoms with van der Waals surface area (Å²) in [5.74, 6) is -0.549. The SMILES string of the molecule is CCCCCCCCCCCCCCCCCCCCCCCC(=O)OC[C@H](COP(=O)(O)OC[C@@H](O)COP(=O)(O)OC[C@@H](COC(=O)CCCCCCCCC(C)C)OC(=O)CCCCCCCCCCCCCCCCCCCC)OC(=O)CCCCCCCCCCCCCCCCCCCCC(C)CC. The third-order valence-corrected chi connectivity index (χ3v) is 23.7. The number of phosphoric ester groups is 2. The first kappa shape index (κ1) is 108. The smallest absolute Gasteiger partial charge is 0.462 e. The van der Waals surface area contributed by atoms with E-state index in [-0.39, 0.29) is 25.7 Å². The van der Waals surface area contributed by atoms with Crippen LogP contribution in [0.25, 0.3) is 0 Å². The van der Waals surface area contributed by atoms with Gasteiger partial charge in [-0.1, -0.05) is 440 Å². The van der Waals surface area contributed by atoms with Crippen LogP contribution >= 0.6 is 15.6 Å². The van der Waals surface area contributed by atoms with Crippen LogP contribution in [-0.2, 0) is 65.4 Å². The molecule has 654 valence electrons. The molecule has 110 heavy (non-hydrogen) atoms. The van der Waals surface area contributed by atoms with Gasteiger partial charge in [0.2, 0.25) is 0 Å². The normalized spacial score (nSPS) is 14.0. The fourth-order valence-corrected chi connectivity index (χ4v) is 15.9. The van der Waals surface area contributed by atoms with Crippen molar-refractivity contribution in [2.24, 2.45) is 11.8 Å². The summed E-state index contributed by atoms with van der Waals surface area (Å²) in [6.45, 7) is 9.68. The van der Waals surface area contributed by atoms with E-state index in [1.54, 1.807) is 0 Å². The van der Waals surface area contributed by atoms with E-state index < -0.39 is 97.5 Å². The fourth-order valence-electron chi connectivity index (χ4n) is 14.3. The van der Waals surface area contributed by atoms with Gasteiger partial charge in [0.05, 0.1) is 26.4 Å². The molecule has 0 rings (SSSR count). The molecule has 0 bridgehead atoms. The fraction of sp³-hybridized carbons (Fsp3) is 0.956. The molecule has 0 aliphatic carbocycles. The Hall–Kier alpha value is -1.94. The van der Waals surface area contributed by atoms with Crippen LogP contribution in [0.2, 0.25) is 0 Å². The average Bonchev–Trinajstić information content (AvgIpc) is 0.897. The van der Waals surface area contributed by atoms with Crippen molar-refractivity contribution in [2.75, 3.05) is 39.6 Å². The highest BCUT2D eigenvalue weighted by Gasteiger charge is 2.31. The van der Waals surface area contributed by atoms with Crippen LogP contribution in [0.15, 0.2) is 0 Å². The molecule has 0 fully saturated rings. The predicted octanol–water partition coefficient (Wildman–Crippen LogP) is 28.2. The van der Waals surface area contributed by atoms with E-state index in [1.807, 2.05) is 0 Å². The van der Waals surface area contributed by atoms with Gasteiger partial charge < -0.3 is 33.8 Å². The molecular weight excluding hydrogens is 1430 g/mol. The minimum atomic E-state index is -4.97. The Bertz CT molecular complexity index is 2100. The first-order chi connectivity index (χ1) is 53.4. The molecule has 0 aliphatic rings. The van der Waals surface area contributed by atoms with Gasteiger partial charge in [-0.2, -0.15) is 0 Å². The zero-order valence-electron chi connectivity index (χ0n) is 72.6. The zero-order valence-corrected chi connectivity index (χ0v) is 74.4. The molecule has 0 heterocycles. The summed E-state index contributed by atoms with van der Waals surface area (Å²) < 4.78 is 69.0. The van der Waals surface area contributed by atoms with E-state index in [2.05, 4.69) is 41.5 Å². The lowest BCUT2D eigenvalue weighted by atomic mass is 9.99. The lowest BCUT2D eigenvalue weighted by Gasteiger charge is -2.21. The van der Waals surface area contributed by atoms with Crippen molar-refractivity contribution in [1.29, 1.82) is 0 Å². The molecule has 0 saturated carbocycles. The van der Waals surface area contributed by atoms with Crippen LogP contribution in [0.4, 0.5) is 0 Å². The highest BCUT2D eigenvalue weighted by Crippen LogP contribution is 2.45. The molecule has 0 aromatic rings. The minimum absolute atomic E-state index is 0.108. The highest BCUT2D eigenvalue weighted by atomic mass is 31.2. The molecule has 0 spiro atoms. The average molecular weight is 1610 g/mol. The number of unbranched alkanes of at least 4 members (excludes halogenated alkanes) is 59. The van der Waals surface area contributed by atoms with Crippen molar-refractivity contribution in [3.63, 3.8) is 0 Å². The number of carbonyl (C=O) groups is 4. The van der Waals surface area contributed by atoms with E-state index in [4.69, 9.17) is 37.0 Å². The summed E-state index contributed by atoms with van der Waals surface area (Å²) >= 11 is 0. The number of phosphoric acid groups is 2. The summed E-state index contributed by atoms with van der Waals surface area (Å²) in [5, 5.41) is 10.7. The molecule has 0 saturated heterocycles. The molecule has 19 heteroatoms. The Kier molecular flexibility index (Phi) is 80.7. The highest BCUT2D eigenvalue weighted by molar-refractivity contribution is 7.47. The Morgan fingerprint density at radius 3 is 0.691 bits per heavy atom. The van der Waals surface area contributed by atoms with Gasteiger partial charge in [-0.15, -0.1) is 0 Å². The molecule has 6 atom stereocenters. The van der Waals surface area contributed by atoms with E-state index in [1.165, 1.54) is 302 Å². The van der Waals surface area contributed by atoms with Crippen molar-refractivity contribution in [1.82, 2.24) is 0 Å². The number of aliphatic hydroxyl groups is 1. The van der Waals surface area contributed by atoms with Crippen molar-refractivity contribution in [2.45, 2.75) is 509 Å². The molecular formula is C91H178O17P2. The van der Waals surface area contributed by atoms with Crippen molar-refractivity contribution in [3.05, 3.63) is 0 Å². The van der Waals surface area contributed by atoms with E-state index in [9.17, 15) is 43.2 Å². The Balaban J connectivity index is 5.19. The number of carbonyl (C=O) groups excluding carboxylic acids is 4. The van der Waals surface area contributed by atoms with Crippen molar-refractivity contribution in [3.8, 4) is 0 Å². The van der Waals surface area contributed by atoms with Crippen LogP contribution < -0.4 is 0 Å². The Morgan fingerprint density at radius 2 is 0.464 bits per heavy atom. The number of esters is 4. The summed E-state index contributed by atoms with van der Waals surface area (Å²) in [4.78, 5) is 73.3. The molecule has 0 radical (unpaired) electrons. The maximum atomic E-state index is 13.2. The summed E-state index contributed by atoms with van der Waals surface area (Å²) in [5.41, 5.74) is 0. The lowest BCUT2D eigenvalue weighted by molar-refractivity contribution is -0.161. The molecule has 0 aliphatic heterocycles. The second-order valence-corrected chi connectivity index (χ2v) is 36.3. The minimum Gasteiger partial charge on any atom is -0.462 e. The first-order valence-electron chi connectivity index (χ1n) is 47.0. The number of rotatable bonds is 90. The van der Waals surface area contributed by atoms with E-state index in [0.29, 0.717) is 31.6 Å². The van der Waals surface area contributed by atoms with Gasteiger partial charge in [0, 0.05) is 25.7 Å². The quantitative estimate of drug-likeness (QED) is 0.0222. The molecule has 0 aromatic carbocycles. The van der Waals surface area contributed by atoms with Crippen LogP contribution in [0.5, 0.6) is 0 Å². The molecule has 0 aromatic heterocycles. The summed E-state index contributed by atoms with van der Waals surface area (Å²) in [6.07, 6.45) is 76.7. The number of ether oxygens (including phenoxy) is 4. The van der Waals surface area contributed by atoms with Gasteiger partial charge >= 0.3 is 39.5 Å².